The summed E-state index contributed by atoms with van der Waals surface area (Å²) in [4.78, 5) is 23.5. The second kappa shape index (κ2) is 7.10. The molecule has 1 N–H and O–H groups in total. The number of carbonyl (C=O) groups is 1. The van der Waals surface area contributed by atoms with E-state index in [9.17, 15) is 23.3 Å². The average molecular weight is 426 g/mol. The Hall–Kier alpha value is -3.46. The summed E-state index contributed by atoms with van der Waals surface area (Å²) < 4.78 is 32.1. The molecule has 2 aliphatic rings. The van der Waals surface area contributed by atoms with E-state index in [0.717, 1.165) is 0 Å². The maximum atomic E-state index is 13.4. The molecule has 2 aromatic carbocycles. The number of benzene rings is 2. The van der Waals surface area contributed by atoms with Gasteiger partial charge in [0.2, 0.25) is 9.84 Å². The van der Waals surface area contributed by atoms with Crippen LogP contribution in [0.1, 0.15) is 30.9 Å². The zero-order chi connectivity index (χ0) is 21.6. The first kappa shape index (κ1) is 19.8. The van der Waals surface area contributed by atoms with E-state index in [1.807, 2.05) is 0 Å². The lowest BCUT2D eigenvalue weighted by Crippen LogP contribution is -2.29. The van der Waals surface area contributed by atoms with Crippen LogP contribution < -0.4 is 5.32 Å². The Kier molecular flexibility index (Phi) is 4.70. The van der Waals surface area contributed by atoms with Gasteiger partial charge in [0.15, 0.2) is 0 Å². The van der Waals surface area contributed by atoms with E-state index in [2.05, 4.69) is 5.32 Å². The van der Waals surface area contributed by atoms with Crippen LogP contribution in [-0.4, -0.2) is 25.9 Å². The molecule has 0 amide bonds. The summed E-state index contributed by atoms with van der Waals surface area (Å²) in [6.45, 7) is 3.47. The van der Waals surface area contributed by atoms with Gasteiger partial charge in [-0.3, -0.25) is 10.1 Å². The number of sulfone groups is 1. The zero-order valence-electron chi connectivity index (χ0n) is 16.2. The van der Waals surface area contributed by atoms with Gasteiger partial charge < -0.3 is 10.1 Å². The van der Waals surface area contributed by atoms with Gasteiger partial charge in [-0.2, -0.15) is 0 Å². The molecule has 2 heterocycles. The van der Waals surface area contributed by atoms with E-state index >= 15 is 0 Å². The second-order valence-corrected chi connectivity index (χ2v) is 8.79. The fraction of sp³-hybridized carbons (Fsp3) is 0.190. The highest BCUT2D eigenvalue weighted by molar-refractivity contribution is 7.96. The van der Waals surface area contributed by atoms with Crippen molar-refractivity contribution in [3.05, 3.63) is 85.9 Å². The monoisotopic (exact) mass is 426 g/mol. The molecule has 0 saturated carbocycles. The maximum absolute atomic E-state index is 13.4. The normalized spacial score (nSPS) is 19.1. The van der Waals surface area contributed by atoms with Crippen LogP contribution in [0.5, 0.6) is 0 Å². The highest BCUT2D eigenvalue weighted by Crippen LogP contribution is 2.50. The minimum absolute atomic E-state index is 0.0474. The lowest BCUT2D eigenvalue weighted by atomic mass is 9.85. The van der Waals surface area contributed by atoms with E-state index in [0.29, 0.717) is 22.5 Å². The number of nitro benzene ring substituents is 1. The summed E-state index contributed by atoms with van der Waals surface area (Å²) in [5, 5.41) is 14.1. The number of dihydropyridines is 1. The molecule has 2 aliphatic heterocycles. The molecule has 0 radical (unpaired) electrons. The number of nitro groups is 1. The Balaban J connectivity index is 1.96. The molecule has 0 saturated heterocycles. The predicted molar refractivity (Wildman–Crippen MR) is 109 cm³/mol. The third-order valence-corrected chi connectivity index (χ3v) is 7.14. The quantitative estimate of drug-likeness (QED) is 0.453. The number of nitrogens with one attached hydrogen (secondary N) is 1. The van der Waals surface area contributed by atoms with Crippen LogP contribution in [0.2, 0.25) is 0 Å². The molecule has 2 aromatic rings. The highest BCUT2D eigenvalue weighted by Gasteiger charge is 2.46. The van der Waals surface area contributed by atoms with Crippen molar-refractivity contribution < 1.29 is 22.9 Å². The van der Waals surface area contributed by atoms with Gasteiger partial charge in [-0.05, 0) is 25.5 Å². The summed E-state index contributed by atoms with van der Waals surface area (Å²) in [5.74, 6) is -1.58. The van der Waals surface area contributed by atoms with E-state index in [4.69, 9.17) is 4.74 Å². The molecule has 0 fully saturated rings. The van der Waals surface area contributed by atoms with Crippen molar-refractivity contribution >= 4 is 27.2 Å². The van der Waals surface area contributed by atoms with Crippen LogP contribution >= 0.6 is 0 Å². The molecule has 30 heavy (non-hydrogen) atoms. The second-order valence-electron chi connectivity index (χ2n) is 6.90. The Bertz CT molecular complexity index is 1240. The van der Waals surface area contributed by atoms with E-state index < -0.39 is 26.6 Å². The number of hydrogen-bond acceptors (Lipinski definition) is 7. The van der Waals surface area contributed by atoms with E-state index in [1.54, 1.807) is 32.0 Å². The zero-order valence-corrected chi connectivity index (χ0v) is 17.0. The summed E-state index contributed by atoms with van der Waals surface area (Å²) in [6, 6.07) is 12.2. The number of hydrogen-bond donors (Lipinski definition) is 1. The Morgan fingerprint density at radius 3 is 2.47 bits per heavy atom. The summed E-state index contributed by atoms with van der Waals surface area (Å²) in [7, 11) is -3.89. The third-order valence-electron chi connectivity index (χ3n) is 5.18. The first-order chi connectivity index (χ1) is 14.3. The van der Waals surface area contributed by atoms with Crippen molar-refractivity contribution in [1.29, 1.82) is 0 Å². The molecule has 8 nitrogen and oxygen atoms in total. The van der Waals surface area contributed by atoms with Gasteiger partial charge in [-0.15, -0.1) is 0 Å². The number of carbonyl (C=O) groups excluding carboxylic acids is 1. The molecule has 0 unspecified atom stereocenters. The van der Waals surface area contributed by atoms with Crippen LogP contribution in [0.25, 0.3) is 5.70 Å². The predicted octanol–water partition coefficient (Wildman–Crippen LogP) is 3.27. The molecule has 154 valence electrons. The molecule has 0 aromatic heterocycles. The first-order valence-corrected chi connectivity index (χ1v) is 10.7. The third kappa shape index (κ3) is 2.89. The molecule has 4 rings (SSSR count). The molecule has 0 aliphatic carbocycles. The molecule has 0 spiro atoms. The number of ether oxygens (including phenoxy) is 1. The molecular weight excluding hydrogens is 408 g/mol. The smallest absolute Gasteiger partial charge is 0.336 e. The van der Waals surface area contributed by atoms with Crippen LogP contribution in [0, 0.1) is 10.1 Å². The van der Waals surface area contributed by atoms with E-state index in [-0.39, 0.29) is 27.7 Å². The minimum Gasteiger partial charge on any atom is -0.463 e. The molecular formula is C21H18N2O6S. The average Bonchev–Trinajstić information content (AvgIpc) is 2.94. The Labute approximate surface area is 172 Å². The number of non-ortho nitro benzene ring substituents is 1. The number of nitrogens with zero attached hydrogens (tertiary/aromatic N) is 1. The largest absolute Gasteiger partial charge is 0.463 e. The van der Waals surface area contributed by atoms with Crippen LogP contribution in [0.4, 0.5) is 5.69 Å². The van der Waals surface area contributed by atoms with Gasteiger partial charge in [-0.25, -0.2) is 13.2 Å². The number of fused-ring (bicyclic) bond motifs is 2. The van der Waals surface area contributed by atoms with Crippen molar-refractivity contribution in [3.63, 3.8) is 0 Å². The maximum Gasteiger partial charge on any atom is 0.336 e. The number of allylic oxidation sites excluding steroid dienone is 2. The Morgan fingerprint density at radius 1 is 1.17 bits per heavy atom. The highest BCUT2D eigenvalue weighted by atomic mass is 32.2. The van der Waals surface area contributed by atoms with Gasteiger partial charge in [0, 0.05) is 23.4 Å². The van der Waals surface area contributed by atoms with Crippen molar-refractivity contribution in [3.8, 4) is 0 Å². The van der Waals surface area contributed by atoms with Crippen molar-refractivity contribution in [1.82, 2.24) is 5.32 Å². The van der Waals surface area contributed by atoms with Crippen LogP contribution in [0.15, 0.2) is 69.6 Å². The van der Waals surface area contributed by atoms with Gasteiger partial charge in [0.25, 0.3) is 5.69 Å². The lowest BCUT2D eigenvalue weighted by molar-refractivity contribution is -0.384. The van der Waals surface area contributed by atoms with E-state index in [1.165, 1.54) is 30.3 Å². The minimum atomic E-state index is -3.89. The number of rotatable bonds is 4. The van der Waals surface area contributed by atoms with Gasteiger partial charge in [0.05, 0.1) is 38.5 Å². The van der Waals surface area contributed by atoms with Crippen molar-refractivity contribution in [2.45, 2.75) is 24.7 Å². The van der Waals surface area contributed by atoms with Gasteiger partial charge in [-0.1, -0.05) is 30.3 Å². The van der Waals surface area contributed by atoms with Crippen LogP contribution in [0.3, 0.4) is 0 Å². The number of esters is 1. The van der Waals surface area contributed by atoms with Crippen molar-refractivity contribution in [2.75, 3.05) is 6.61 Å². The van der Waals surface area contributed by atoms with Gasteiger partial charge >= 0.3 is 5.97 Å². The fourth-order valence-corrected chi connectivity index (χ4v) is 5.86. The molecule has 0 bridgehead atoms. The van der Waals surface area contributed by atoms with Crippen molar-refractivity contribution in [2.24, 2.45) is 0 Å². The lowest BCUT2D eigenvalue weighted by Gasteiger charge is -2.29. The topological polar surface area (TPSA) is 116 Å². The van der Waals surface area contributed by atoms with Crippen LogP contribution in [-0.2, 0) is 19.4 Å². The summed E-state index contributed by atoms with van der Waals surface area (Å²) >= 11 is 0. The standard InChI is InChI=1S/C21H18N2O6S/c1-3-29-21(24)17-12(2)22-19-15-6-4-5-7-16(15)30(27,28)20(19)18(17)13-8-10-14(11-9-13)23(25)26/h4-11,18,22H,3H2,1-2H3/t18-/m1/s1. The van der Waals surface area contributed by atoms with Gasteiger partial charge in [0.1, 0.15) is 0 Å². The SMILES string of the molecule is CCOC(=O)C1=C(C)NC2=C([C@@H]1c1ccc([N+](=O)[O-])cc1)S(=O)(=O)c1ccccc12. The molecule has 9 heteroatoms. The molecule has 1 atom stereocenters. The summed E-state index contributed by atoms with van der Waals surface area (Å²) in [5.41, 5.74) is 1.91. The fourth-order valence-electron chi connectivity index (χ4n) is 3.91. The first-order valence-electron chi connectivity index (χ1n) is 9.25. The Morgan fingerprint density at radius 2 is 1.83 bits per heavy atom. The summed E-state index contributed by atoms with van der Waals surface area (Å²) in [6.07, 6.45) is 0.